The molecule has 6 nitrogen and oxygen atoms in total. The number of carbonyl (C=O) groups is 2. The molecule has 1 rings (SSSR count). The van der Waals surface area contributed by atoms with E-state index >= 15 is 0 Å². The molecule has 0 aliphatic carbocycles. The van der Waals surface area contributed by atoms with Gasteiger partial charge in [-0.3, -0.25) is 9.59 Å². The van der Waals surface area contributed by atoms with Crippen LogP contribution in [0.4, 0.5) is 0 Å². The van der Waals surface area contributed by atoms with Crippen LogP contribution >= 0.6 is 11.8 Å². The highest BCUT2D eigenvalue weighted by Gasteiger charge is 2.16. The molecule has 1 N–H and O–H groups in total. The fourth-order valence-corrected chi connectivity index (χ4v) is 2.62. The summed E-state index contributed by atoms with van der Waals surface area (Å²) < 4.78 is 5.03. The predicted octanol–water partition coefficient (Wildman–Crippen LogP) is 1.07. The van der Waals surface area contributed by atoms with Crippen LogP contribution in [0.25, 0.3) is 0 Å². The van der Waals surface area contributed by atoms with Crippen molar-refractivity contribution in [2.45, 2.75) is 19.6 Å². The molecule has 1 aromatic heterocycles. The second kappa shape index (κ2) is 7.60. The molecule has 0 aliphatic rings. The van der Waals surface area contributed by atoms with Gasteiger partial charge in [0.2, 0.25) is 5.91 Å². The maximum absolute atomic E-state index is 11.9. The highest BCUT2D eigenvalue weighted by molar-refractivity contribution is 7.99. The van der Waals surface area contributed by atoms with Crippen molar-refractivity contribution in [3.05, 3.63) is 17.0 Å². The van der Waals surface area contributed by atoms with Crippen LogP contribution in [0, 0.1) is 26.2 Å². The van der Waals surface area contributed by atoms with Gasteiger partial charge in [0.15, 0.2) is 0 Å². The minimum Gasteiger partial charge on any atom is -0.480 e. The highest BCUT2D eigenvalue weighted by Crippen LogP contribution is 2.19. The summed E-state index contributed by atoms with van der Waals surface area (Å²) >= 11 is 1.38. The number of carboxylic acids is 1. The Morgan fingerprint density at radius 2 is 2.20 bits per heavy atom. The van der Waals surface area contributed by atoms with Gasteiger partial charge in [-0.2, -0.15) is 0 Å². The highest BCUT2D eigenvalue weighted by atomic mass is 32.2. The number of thioether (sulfide) groups is 1. The van der Waals surface area contributed by atoms with Crippen molar-refractivity contribution in [2.24, 2.45) is 0 Å². The van der Waals surface area contributed by atoms with Crippen molar-refractivity contribution in [3.8, 4) is 12.3 Å². The van der Waals surface area contributed by atoms with Crippen LogP contribution in [0.1, 0.15) is 17.0 Å². The zero-order valence-corrected chi connectivity index (χ0v) is 12.2. The van der Waals surface area contributed by atoms with Gasteiger partial charge in [-0.15, -0.1) is 18.2 Å². The molecule has 0 atom stereocenters. The van der Waals surface area contributed by atoms with E-state index in [9.17, 15) is 9.59 Å². The van der Waals surface area contributed by atoms with Crippen LogP contribution in [0.2, 0.25) is 0 Å². The van der Waals surface area contributed by atoms with Crippen LogP contribution in [0.5, 0.6) is 0 Å². The first-order chi connectivity index (χ1) is 9.45. The average molecular weight is 296 g/mol. The van der Waals surface area contributed by atoms with Gasteiger partial charge in [0.25, 0.3) is 0 Å². The van der Waals surface area contributed by atoms with Gasteiger partial charge < -0.3 is 14.5 Å². The van der Waals surface area contributed by atoms with Crippen LogP contribution in [-0.2, 0) is 15.3 Å². The van der Waals surface area contributed by atoms with Crippen LogP contribution in [0.15, 0.2) is 4.52 Å². The van der Waals surface area contributed by atoms with Gasteiger partial charge in [0, 0.05) is 11.3 Å². The van der Waals surface area contributed by atoms with Crippen molar-refractivity contribution >= 4 is 23.6 Å². The van der Waals surface area contributed by atoms with Gasteiger partial charge in [-0.1, -0.05) is 11.1 Å². The van der Waals surface area contributed by atoms with Gasteiger partial charge in [0.1, 0.15) is 12.3 Å². The smallest absolute Gasteiger partial charge is 0.323 e. The molecule has 0 fully saturated rings. The standard InChI is InChI=1S/C13H16N2O4S/c1-4-5-15(6-13(17)18)12(16)8-20-7-11-9(2)14-19-10(11)3/h1H,5-8H2,2-3H3,(H,17,18). The van der Waals surface area contributed by atoms with Gasteiger partial charge in [-0.25, -0.2) is 0 Å². The summed E-state index contributed by atoms with van der Waals surface area (Å²) in [5.74, 6) is 2.40. The Kier molecular flexibility index (Phi) is 6.12. The van der Waals surface area contributed by atoms with E-state index in [1.165, 1.54) is 11.8 Å². The normalized spacial score (nSPS) is 10.1. The lowest BCUT2D eigenvalue weighted by atomic mass is 10.2. The van der Waals surface area contributed by atoms with E-state index < -0.39 is 5.97 Å². The quantitative estimate of drug-likeness (QED) is 0.758. The topological polar surface area (TPSA) is 83.6 Å². The minimum absolute atomic E-state index is 0.00296. The fraction of sp³-hybridized carbons (Fsp3) is 0.462. The zero-order valence-electron chi connectivity index (χ0n) is 11.4. The number of nitrogens with zero attached hydrogens (tertiary/aromatic N) is 2. The number of hydrogen-bond donors (Lipinski definition) is 1. The van der Waals surface area contributed by atoms with Crippen LogP contribution in [0.3, 0.4) is 0 Å². The second-order valence-electron chi connectivity index (χ2n) is 4.14. The summed E-state index contributed by atoms with van der Waals surface area (Å²) in [5.41, 5.74) is 1.76. The first-order valence-corrected chi connectivity index (χ1v) is 7.03. The second-order valence-corrected chi connectivity index (χ2v) is 5.13. The monoisotopic (exact) mass is 296 g/mol. The fourth-order valence-electron chi connectivity index (χ4n) is 1.55. The van der Waals surface area contributed by atoms with E-state index in [0.29, 0.717) is 5.75 Å². The Morgan fingerprint density at radius 1 is 1.50 bits per heavy atom. The van der Waals surface area contributed by atoms with Crippen molar-refractivity contribution in [1.29, 1.82) is 0 Å². The summed E-state index contributed by atoms with van der Waals surface area (Å²) in [6.07, 6.45) is 5.12. The molecule has 1 heterocycles. The Morgan fingerprint density at radius 3 is 2.70 bits per heavy atom. The van der Waals surface area contributed by atoms with Crippen molar-refractivity contribution in [2.75, 3.05) is 18.8 Å². The maximum Gasteiger partial charge on any atom is 0.323 e. The molecule has 0 saturated heterocycles. The molecule has 0 aromatic carbocycles. The Hall–Kier alpha value is -1.94. The van der Waals surface area contributed by atoms with E-state index in [0.717, 1.165) is 21.9 Å². The summed E-state index contributed by atoms with van der Waals surface area (Å²) in [7, 11) is 0. The molecule has 7 heteroatoms. The van der Waals surface area contributed by atoms with Crippen LogP contribution < -0.4 is 0 Å². The third-order valence-electron chi connectivity index (χ3n) is 2.61. The van der Waals surface area contributed by atoms with Crippen molar-refractivity contribution < 1.29 is 19.2 Å². The summed E-state index contributed by atoms with van der Waals surface area (Å²) in [6, 6.07) is 0. The predicted molar refractivity (Wildman–Crippen MR) is 75.2 cm³/mol. The van der Waals surface area contributed by atoms with Gasteiger partial charge >= 0.3 is 5.97 Å². The minimum atomic E-state index is -1.08. The number of aliphatic carboxylic acids is 1. The Balaban J connectivity index is 2.49. The molecular weight excluding hydrogens is 280 g/mol. The Bertz CT molecular complexity index is 513. The molecule has 0 bridgehead atoms. The molecule has 1 aromatic rings. The molecule has 0 radical (unpaired) electrons. The molecular formula is C13H16N2O4S. The third-order valence-corrected chi connectivity index (χ3v) is 3.56. The Labute approximate surface area is 121 Å². The molecule has 0 unspecified atom stereocenters. The molecule has 0 aliphatic heterocycles. The largest absolute Gasteiger partial charge is 0.480 e. The third kappa shape index (κ3) is 4.63. The van der Waals surface area contributed by atoms with E-state index in [1.54, 1.807) is 0 Å². The number of carbonyl (C=O) groups excluding carboxylic acids is 1. The van der Waals surface area contributed by atoms with Crippen LogP contribution in [-0.4, -0.2) is 45.9 Å². The first-order valence-electron chi connectivity index (χ1n) is 5.88. The van der Waals surface area contributed by atoms with E-state index in [-0.39, 0.29) is 24.7 Å². The van der Waals surface area contributed by atoms with E-state index in [1.807, 2.05) is 13.8 Å². The summed E-state index contributed by atoms with van der Waals surface area (Å²) in [5, 5.41) is 12.5. The number of aromatic nitrogens is 1. The average Bonchev–Trinajstić information content (AvgIpc) is 2.69. The van der Waals surface area contributed by atoms with Gasteiger partial charge in [-0.05, 0) is 13.8 Å². The molecule has 1 amide bonds. The first kappa shape index (κ1) is 16.1. The lowest BCUT2D eigenvalue weighted by Crippen LogP contribution is -2.37. The lowest BCUT2D eigenvalue weighted by Gasteiger charge is -2.17. The number of hydrogen-bond acceptors (Lipinski definition) is 5. The van der Waals surface area contributed by atoms with Gasteiger partial charge in [0.05, 0.1) is 18.0 Å². The molecule has 20 heavy (non-hydrogen) atoms. The maximum atomic E-state index is 11.9. The van der Waals surface area contributed by atoms with E-state index in [2.05, 4.69) is 11.1 Å². The summed E-state index contributed by atoms with van der Waals surface area (Å²) in [6.45, 7) is 3.27. The van der Waals surface area contributed by atoms with E-state index in [4.69, 9.17) is 16.1 Å². The molecule has 0 saturated carbocycles. The molecule has 108 valence electrons. The number of rotatable bonds is 7. The number of terminal acetylenes is 1. The lowest BCUT2D eigenvalue weighted by molar-refractivity contribution is -0.143. The van der Waals surface area contributed by atoms with Crippen molar-refractivity contribution in [3.63, 3.8) is 0 Å². The SMILES string of the molecule is C#CCN(CC(=O)O)C(=O)CSCc1c(C)noc1C. The number of carboxylic acid groups (broad SMARTS) is 1. The van der Waals surface area contributed by atoms with Crippen molar-refractivity contribution in [1.82, 2.24) is 10.1 Å². The summed E-state index contributed by atoms with van der Waals surface area (Å²) in [4.78, 5) is 23.7. The zero-order chi connectivity index (χ0) is 15.1. The molecule has 0 spiro atoms. The number of aryl methyl sites for hydroxylation is 2. The number of amides is 1.